The van der Waals surface area contributed by atoms with Crippen molar-refractivity contribution in [1.82, 2.24) is 5.32 Å². The summed E-state index contributed by atoms with van der Waals surface area (Å²) in [5.74, 6) is 1.40. The topological polar surface area (TPSA) is 73.6 Å². The number of ether oxygens (including phenoxy) is 2. The smallest absolute Gasteiger partial charge is 0.222 e. The number of carbonyl (C=O) groups is 1. The first-order valence-corrected chi connectivity index (χ1v) is 7.29. The molecule has 0 aromatic heterocycles. The molecule has 5 heteroatoms. The lowest BCUT2D eigenvalue weighted by molar-refractivity contribution is -0.122. The van der Waals surface area contributed by atoms with Gasteiger partial charge >= 0.3 is 0 Å². The lowest BCUT2D eigenvalue weighted by atomic mass is 9.82. The number of hydrogen-bond donors (Lipinski definition) is 2. The molecule has 0 heterocycles. The quantitative estimate of drug-likeness (QED) is 0.612. The second-order valence-electron chi connectivity index (χ2n) is 5.28. The van der Waals surface area contributed by atoms with Crippen LogP contribution < -0.4 is 11.1 Å². The summed E-state index contributed by atoms with van der Waals surface area (Å²) < 4.78 is 10.1. The highest BCUT2D eigenvalue weighted by atomic mass is 16.5. The molecule has 0 bridgehead atoms. The molecular weight excluding hydrogens is 244 g/mol. The average Bonchev–Trinajstić information content (AvgIpc) is 2.45. The SMILES string of the molecule is COCCOCCC(=O)NCC1CCC(CN)CC1. The Morgan fingerprint density at radius 3 is 2.47 bits per heavy atom. The van der Waals surface area contributed by atoms with Gasteiger partial charge in [-0.3, -0.25) is 4.79 Å². The Kier molecular flexibility index (Phi) is 8.79. The number of carbonyl (C=O) groups excluding carboxylic acids is 1. The van der Waals surface area contributed by atoms with Crippen LogP contribution in [0.4, 0.5) is 0 Å². The fraction of sp³-hybridized carbons (Fsp3) is 0.929. The summed E-state index contributed by atoms with van der Waals surface area (Å²) in [6.07, 6.45) is 5.22. The molecule has 5 nitrogen and oxygen atoms in total. The molecule has 0 aromatic carbocycles. The summed E-state index contributed by atoms with van der Waals surface area (Å²) in [7, 11) is 1.63. The molecule has 1 fully saturated rings. The largest absolute Gasteiger partial charge is 0.382 e. The highest BCUT2D eigenvalue weighted by molar-refractivity contribution is 5.75. The summed E-state index contributed by atoms with van der Waals surface area (Å²) in [5.41, 5.74) is 5.67. The average molecular weight is 272 g/mol. The highest BCUT2D eigenvalue weighted by Gasteiger charge is 2.20. The van der Waals surface area contributed by atoms with Crippen LogP contribution in [0.15, 0.2) is 0 Å². The van der Waals surface area contributed by atoms with Crippen molar-refractivity contribution in [2.24, 2.45) is 17.6 Å². The van der Waals surface area contributed by atoms with Gasteiger partial charge in [0, 0.05) is 20.1 Å². The van der Waals surface area contributed by atoms with Gasteiger partial charge in [-0.15, -0.1) is 0 Å². The summed E-state index contributed by atoms with van der Waals surface area (Å²) in [6, 6.07) is 0. The van der Waals surface area contributed by atoms with Gasteiger partial charge < -0.3 is 20.5 Å². The van der Waals surface area contributed by atoms with Gasteiger partial charge in [0.05, 0.1) is 19.8 Å². The van der Waals surface area contributed by atoms with E-state index in [0.717, 1.165) is 13.1 Å². The van der Waals surface area contributed by atoms with Crippen LogP contribution in [-0.4, -0.2) is 45.9 Å². The van der Waals surface area contributed by atoms with Gasteiger partial charge in [0.1, 0.15) is 0 Å². The van der Waals surface area contributed by atoms with Crippen molar-refractivity contribution in [2.75, 3.05) is 40.0 Å². The zero-order valence-electron chi connectivity index (χ0n) is 12.0. The molecule has 0 radical (unpaired) electrons. The maximum atomic E-state index is 11.6. The van der Waals surface area contributed by atoms with Gasteiger partial charge in [-0.25, -0.2) is 0 Å². The third-order valence-electron chi connectivity index (χ3n) is 3.79. The monoisotopic (exact) mass is 272 g/mol. The Labute approximate surface area is 116 Å². The van der Waals surface area contributed by atoms with E-state index in [4.69, 9.17) is 15.2 Å². The third kappa shape index (κ3) is 7.50. The van der Waals surface area contributed by atoms with Gasteiger partial charge in [0.15, 0.2) is 0 Å². The van der Waals surface area contributed by atoms with E-state index in [0.29, 0.717) is 38.1 Å². The highest BCUT2D eigenvalue weighted by Crippen LogP contribution is 2.27. The molecule has 0 saturated heterocycles. The van der Waals surface area contributed by atoms with Crippen LogP contribution in [0.25, 0.3) is 0 Å². The minimum atomic E-state index is 0.0818. The van der Waals surface area contributed by atoms with Gasteiger partial charge in [-0.05, 0) is 44.1 Å². The Hall–Kier alpha value is -0.650. The predicted octanol–water partition coefficient (Wildman–Crippen LogP) is 0.921. The van der Waals surface area contributed by atoms with E-state index < -0.39 is 0 Å². The molecule has 1 saturated carbocycles. The summed E-state index contributed by atoms with van der Waals surface area (Å²) in [6.45, 7) is 3.19. The zero-order valence-corrected chi connectivity index (χ0v) is 12.0. The number of rotatable bonds is 9. The lowest BCUT2D eigenvalue weighted by Crippen LogP contribution is -2.32. The van der Waals surface area contributed by atoms with Crippen LogP contribution in [0.5, 0.6) is 0 Å². The van der Waals surface area contributed by atoms with Crippen molar-refractivity contribution in [3.8, 4) is 0 Å². The second-order valence-corrected chi connectivity index (χ2v) is 5.28. The van der Waals surface area contributed by atoms with E-state index in [1.165, 1.54) is 25.7 Å². The first-order chi connectivity index (χ1) is 9.26. The van der Waals surface area contributed by atoms with Crippen molar-refractivity contribution in [2.45, 2.75) is 32.1 Å². The van der Waals surface area contributed by atoms with Gasteiger partial charge in [-0.1, -0.05) is 0 Å². The molecule has 1 amide bonds. The van der Waals surface area contributed by atoms with Crippen LogP contribution in [0.3, 0.4) is 0 Å². The van der Waals surface area contributed by atoms with E-state index in [1.807, 2.05) is 0 Å². The van der Waals surface area contributed by atoms with Crippen molar-refractivity contribution in [1.29, 1.82) is 0 Å². The zero-order chi connectivity index (χ0) is 13.9. The Balaban J connectivity index is 1.98. The number of hydrogen-bond acceptors (Lipinski definition) is 4. The fourth-order valence-corrected chi connectivity index (χ4v) is 2.43. The molecule has 0 unspecified atom stereocenters. The molecule has 0 spiro atoms. The van der Waals surface area contributed by atoms with Crippen molar-refractivity contribution >= 4 is 5.91 Å². The van der Waals surface area contributed by atoms with Gasteiger partial charge in [-0.2, -0.15) is 0 Å². The maximum Gasteiger partial charge on any atom is 0.222 e. The Morgan fingerprint density at radius 2 is 1.84 bits per heavy atom. The van der Waals surface area contributed by atoms with Crippen molar-refractivity contribution in [3.63, 3.8) is 0 Å². The molecule has 1 rings (SSSR count). The first-order valence-electron chi connectivity index (χ1n) is 7.29. The van der Waals surface area contributed by atoms with Crippen LogP contribution in [0, 0.1) is 11.8 Å². The van der Waals surface area contributed by atoms with Crippen molar-refractivity contribution < 1.29 is 14.3 Å². The molecule has 19 heavy (non-hydrogen) atoms. The third-order valence-corrected chi connectivity index (χ3v) is 3.79. The van der Waals surface area contributed by atoms with E-state index >= 15 is 0 Å². The molecule has 1 aliphatic rings. The Morgan fingerprint density at radius 1 is 1.16 bits per heavy atom. The number of amides is 1. The lowest BCUT2D eigenvalue weighted by Gasteiger charge is -2.27. The molecule has 0 aliphatic heterocycles. The summed E-state index contributed by atoms with van der Waals surface area (Å²) in [5, 5.41) is 2.99. The Bertz CT molecular complexity index is 241. The van der Waals surface area contributed by atoms with Crippen LogP contribution >= 0.6 is 0 Å². The normalized spacial score (nSPS) is 23.3. The van der Waals surface area contributed by atoms with E-state index in [-0.39, 0.29) is 5.91 Å². The molecule has 0 aromatic rings. The maximum absolute atomic E-state index is 11.6. The number of methoxy groups -OCH3 is 1. The molecular formula is C14H28N2O3. The predicted molar refractivity (Wildman–Crippen MR) is 74.8 cm³/mol. The molecule has 1 aliphatic carbocycles. The number of nitrogens with one attached hydrogen (secondary N) is 1. The summed E-state index contributed by atoms with van der Waals surface area (Å²) in [4.78, 5) is 11.6. The van der Waals surface area contributed by atoms with E-state index in [1.54, 1.807) is 7.11 Å². The van der Waals surface area contributed by atoms with Crippen LogP contribution in [-0.2, 0) is 14.3 Å². The molecule has 0 atom stereocenters. The van der Waals surface area contributed by atoms with Gasteiger partial charge in [0.2, 0.25) is 5.91 Å². The van der Waals surface area contributed by atoms with Gasteiger partial charge in [0.25, 0.3) is 0 Å². The van der Waals surface area contributed by atoms with Crippen LogP contribution in [0.1, 0.15) is 32.1 Å². The fourth-order valence-electron chi connectivity index (χ4n) is 2.43. The van der Waals surface area contributed by atoms with E-state index in [2.05, 4.69) is 5.32 Å². The second kappa shape index (κ2) is 10.2. The molecule has 3 N–H and O–H groups in total. The van der Waals surface area contributed by atoms with Crippen molar-refractivity contribution in [3.05, 3.63) is 0 Å². The standard InChI is InChI=1S/C14H28N2O3/c1-18-8-9-19-7-6-14(17)16-11-13-4-2-12(10-15)3-5-13/h12-13H,2-11,15H2,1H3,(H,16,17). The van der Waals surface area contributed by atoms with E-state index in [9.17, 15) is 4.79 Å². The minimum absolute atomic E-state index is 0.0818. The summed E-state index contributed by atoms with van der Waals surface area (Å²) >= 11 is 0. The minimum Gasteiger partial charge on any atom is -0.382 e. The van der Waals surface area contributed by atoms with Crippen LogP contribution in [0.2, 0.25) is 0 Å². The first kappa shape index (κ1) is 16.4. The number of nitrogens with two attached hydrogens (primary N) is 1. The molecule has 112 valence electrons.